The van der Waals surface area contributed by atoms with Crippen LogP contribution < -0.4 is 16.0 Å². The van der Waals surface area contributed by atoms with Gasteiger partial charge in [0.1, 0.15) is 12.0 Å². The highest BCUT2D eigenvalue weighted by atomic mass is 15.3. The highest BCUT2D eigenvalue weighted by Crippen LogP contribution is 2.34. The van der Waals surface area contributed by atoms with E-state index in [1.165, 1.54) is 22.3 Å². The maximum atomic E-state index is 4.42. The molecule has 0 fully saturated rings. The molecule has 3 N–H and O–H groups in total. The molecule has 4 rings (SSSR count). The Kier molecular flexibility index (Phi) is 7.27. The summed E-state index contributed by atoms with van der Waals surface area (Å²) >= 11 is 0. The second-order valence-electron chi connectivity index (χ2n) is 8.89. The molecule has 0 aromatic heterocycles. The van der Waals surface area contributed by atoms with Crippen molar-refractivity contribution in [1.82, 2.24) is 10.2 Å². The molecule has 0 radical (unpaired) electrons. The molecule has 1 unspecified atom stereocenters. The zero-order chi connectivity index (χ0) is 24.1. The summed E-state index contributed by atoms with van der Waals surface area (Å²) in [6, 6.07) is 23.5. The molecule has 0 saturated carbocycles. The summed E-state index contributed by atoms with van der Waals surface area (Å²) in [6.07, 6.45) is 4.29. The van der Waals surface area contributed by atoms with Gasteiger partial charge in [-0.3, -0.25) is 0 Å². The van der Waals surface area contributed by atoms with Crippen molar-refractivity contribution in [3.8, 4) is 0 Å². The van der Waals surface area contributed by atoms with Crippen molar-refractivity contribution in [2.45, 2.75) is 39.8 Å². The summed E-state index contributed by atoms with van der Waals surface area (Å²) < 4.78 is 0. The molecule has 4 heteroatoms. The van der Waals surface area contributed by atoms with Crippen LogP contribution in [0.5, 0.6) is 0 Å². The number of anilines is 2. The molecule has 176 valence electrons. The van der Waals surface area contributed by atoms with Crippen molar-refractivity contribution >= 4 is 23.1 Å². The first-order valence-corrected chi connectivity index (χ1v) is 12.2. The number of rotatable bonds is 9. The molecule has 3 aromatic rings. The van der Waals surface area contributed by atoms with E-state index in [4.69, 9.17) is 0 Å². The van der Waals surface area contributed by atoms with Crippen molar-refractivity contribution in [2.24, 2.45) is 0 Å². The van der Waals surface area contributed by atoms with E-state index in [2.05, 4.69) is 128 Å². The van der Waals surface area contributed by atoms with Crippen LogP contribution in [0, 0.1) is 6.92 Å². The van der Waals surface area contributed by atoms with Gasteiger partial charge >= 0.3 is 0 Å². The van der Waals surface area contributed by atoms with Crippen LogP contribution in [0.2, 0.25) is 0 Å². The van der Waals surface area contributed by atoms with Gasteiger partial charge in [0, 0.05) is 41.8 Å². The largest absolute Gasteiger partial charge is 0.385 e. The molecule has 1 aliphatic heterocycles. The van der Waals surface area contributed by atoms with Crippen LogP contribution in [0.15, 0.2) is 79.1 Å². The van der Waals surface area contributed by atoms with Gasteiger partial charge in [-0.25, -0.2) is 0 Å². The van der Waals surface area contributed by atoms with Crippen molar-refractivity contribution in [3.63, 3.8) is 0 Å². The lowest BCUT2D eigenvalue weighted by Gasteiger charge is -2.38. The standard InChI is InChI=1S/C30H36N4/c1-6-18-31-28-15-11-10-13-26(28)22(4)32-30-27-14-9-8-12-24(27)20-29(34(30)5)33-25-17-16-23(7-2)21(3)19-25/h8-17,19-20,30-33H,4,6-7,18H2,1-3,5H3. The minimum Gasteiger partial charge on any atom is -0.385 e. The number of aryl methyl sites for hydroxylation is 2. The predicted molar refractivity (Wildman–Crippen MR) is 146 cm³/mol. The van der Waals surface area contributed by atoms with E-state index in [-0.39, 0.29) is 6.17 Å². The van der Waals surface area contributed by atoms with E-state index in [0.717, 1.165) is 47.8 Å². The predicted octanol–water partition coefficient (Wildman–Crippen LogP) is 6.99. The number of fused-ring (bicyclic) bond motifs is 1. The molecule has 0 aliphatic carbocycles. The third-order valence-corrected chi connectivity index (χ3v) is 6.47. The molecular weight excluding hydrogens is 416 g/mol. The molecule has 0 bridgehead atoms. The number of nitrogens with zero attached hydrogens (tertiary/aromatic N) is 1. The van der Waals surface area contributed by atoms with Gasteiger partial charge in [-0.05, 0) is 60.7 Å². The Morgan fingerprint density at radius 2 is 1.76 bits per heavy atom. The summed E-state index contributed by atoms with van der Waals surface area (Å²) in [7, 11) is 2.12. The van der Waals surface area contributed by atoms with E-state index in [9.17, 15) is 0 Å². The van der Waals surface area contributed by atoms with Crippen LogP contribution in [0.25, 0.3) is 11.8 Å². The Hall–Kier alpha value is -3.66. The molecule has 1 heterocycles. The van der Waals surface area contributed by atoms with Crippen molar-refractivity contribution in [1.29, 1.82) is 0 Å². The smallest absolute Gasteiger partial charge is 0.127 e. The Labute approximate surface area is 204 Å². The Morgan fingerprint density at radius 1 is 1.00 bits per heavy atom. The van der Waals surface area contributed by atoms with Crippen LogP contribution in [0.3, 0.4) is 0 Å². The lowest BCUT2D eigenvalue weighted by Crippen LogP contribution is -2.39. The van der Waals surface area contributed by atoms with E-state index in [1.54, 1.807) is 0 Å². The number of para-hydroxylation sites is 1. The van der Waals surface area contributed by atoms with Gasteiger partial charge in [0.25, 0.3) is 0 Å². The maximum absolute atomic E-state index is 4.42. The summed E-state index contributed by atoms with van der Waals surface area (Å²) in [5.41, 5.74) is 9.32. The minimum absolute atomic E-state index is 0.0496. The van der Waals surface area contributed by atoms with Gasteiger partial charge in [-0.1, -0.05) is 69.0 Å². The van der Waals surface area contributed by atoms with Crippen LogP contribution in [0.1, 0.15) is 54.3 Å². The fourth-order valence-electron chi connectivity index (χ4n) is 4.51. The highest BCUT2D eigenvalue weighted by molar-refractivity contribution is 5.75. The van der Waals surface area contributed by atoms with Crippen LogP contribution in [-0.4, -0.2) is 18.5 Å². The molecule has 4 nitrogen and oxygen atoms in total. The average Bonchev–Trinajstić information content (AvgIpc) is 2.85. The molecular formula is C30H36N4. The lowest BCUT2D eigenvalue weighted by molar-refractivity contribution is 0.286. The van der Waals surface area contributed by atoms with Crippen molar-refractivity contribution in [3.05, 3.63) is 107 Å². The third kappa shape index (κ3) is 4.96. The summed E-state index contributed by atoms with van der Waals surface area (Å²) in [4.78, 5) is 2.25. The number of hydrogen-bond donors (Lipinski definition) is 3. The van der Waals surface area contributed by atoms with Gasteiger partial charge in [0.2, 0.25) is 0 Å². The van der Waals surface area contributed by atoms with Gasteiger partial charge < -0.3 is 20.9 Å². The van der Waals surface area contributed by atoms with Crippen molar-refractivity contribution in [2.75, 3.05) is 24.2 Å². The fourth-order valence-corrected chi connectivity index (χ4v) is 4.51. The Balaban J connectivity index is 1.62. The first-order valence-electron chi connectivity index (χ1n) is 12.2. The monoisotopic (exact) mass is 452 g/mol. The lowest BCUT2D eigenvalue weighted by atomic mass is 9.99. The molecule has 3 aromatic carbocycles. The van der Waals surface area contributed by atoms with Crippen LogP contribution in [0.4, 0.5) is 11.4 Å². The number of hydrogen-bond acceptors (Lipinski definition) is 4. The van der Waals surface area contributed by atoms with E-state index in [1.807, 2.05) is 0 Å². The summed E-state index contributed by atoms with van der Waals surface area (Å²) in [5.74, 6) is 1.05. The van der Waals surface area contributed by atoms with Gasteiger partial charge in [0.15, 0.2) is 0 Å². The number of nitrogens with one attached hydrogen (secondary N) is 3. The third-order valence-electron chi connectivity index (χ3n) is 6.47. The average molecular weight is 453 g/mol. The topological polar surface area (TPSA) is 39.3 Å². The second-order valence-corrected chi connectivity index (χ2v) is 8.89. The van der Waals surface area contributed by atoms with E-state index < -0.39 is 0 Å². The Bertz CT molecular complexity index is 1190. The second kappa shape index (κ2) is 10.5. The summed E-state index contributed by atoms with van der Waals surface area (Å²) in [5, 5.41) is 10.9. The van der Waals surface area contributed by atoms with Gasteiger partial charge in [-0.2, -0.15) is 0 Å². The molecule has 0 amide bonds. The van der Waals surface area contributed by atoms with Crippen LogP contribution >= 0.6 is 0 Å². The first kappa shape index (κ1) is 23.5. The van der Waals surface area contributed by atoms with Gasteiger partial charge in [0.05, 0.1) is 0 Å². The molecule has 1 atom stereocenters. The summed E-state index contributed by atoms with van der Waals surface area (Å²) in [6.45, 7) is 11.9. The van der Waals surface area contributed by atoms with Crippen molar-refractivity contribution < 1.29 is 0 Å². The molecule has 34 heavy (non-hydrogen) atoms. The zero-order valence-electron chi connectivity index (χ0n) is 20.8. The first-order chi connectivity index (χ1) is 16.5. The van der Waals surface area contributed by atoms with Crippen LogP contribution in [-0.2, 0) is 6.42 Å². The minimum atomic E-state index is -0.0496. The number of benzene rings is 3. The highest BCUT2D eigenvalue weighted by Gasteiger charge is 2.26. The molecule has 0 saturated heterocycles. The molecule has 1 aliphatic rings. The SMILES string of the molecule is C=C(NC1c2ccccc2C=C(Nc2ccc(CC)c(C)c2)N1C)c1ccccc1NCCC. The Morgan fingerprint density at radius 3 is 2.53 bits per heavy atom. The maximum Gasteiger partial charge on any atom is 0.127 e. The molecule has 0 spiro atoms. The van der Waals surface area contributed by atoms with Gasteiger partial charge in [-0.15, -0.1) is 0 Å². The quantitative estimate of drug-likeness (QED) is 0.327. The van der Waals surface area contributed by atoms with E-state index in [0.29, 0.717) is 0 Å². The zero-order valence-corrected chi connectivity index (χ0v) is 20.8. The van der Waals surface area contributed by atoms with E-state index >= 15 is 0 Å². The fraction of sp³-hybridized carbons (Fsp3) is 0.267. The normalized spacial score (nSPS) is 14.8.